The molecule has 0 saturated heterocycles. The van der Waals surface area contributed by atoms with E-state index in [1.165, 1.54) is 0 Å². The molecule has 0 fully saturated rings. The fourth-order valence-electron chi connectivity index (χ4n) is 2.33. The first-order valence-electron chi connectivity index (χ1n) is 7.39. The van der Waals surface area contributed by atoms with Crippen LogP contribution in [-0.4, -0.2) is 22.0 Å². The average molecular weight is 353 g/mol. The molecule has 1 aromatic carbocycles. The number of ether oxygens (including phenoxy) is 1. The second kappa shape index (κ2) is 7.66. The van der Waals surface area contributed by atoms with Gasteiger partial charge in [0.15, 0.2) is 5.11 Å². The summed E-state index contributed by atoms with van der Waals surface area (Å²) in [5, 5.41) is 12.0. The Morgan fingerprint density at radius 3 is 2.83 bits per heavy atom. The molecular weight excluding hydrogens is 332 g/mol. The molecule has 2 aromatic rings. The second-order valence-electron chi connectivity index (χ2n) is 5.19. The number of thiocarbonyl (C=S) groups is 1. The van der Waals surface area contributed by atoms with Gasteiger partial charge in [0, 0.05) is 23.3 Å². The summed E-state index contributed by atoms with van der Waals surface area (Å²) in [6, 6.07) is 5.39. The van der Waals surface area contributed by atoms with Crippen molar-refractivity contribution in [1.29, 1.82) is 0 Å². The highest BCUT2D eigenvalue weighted by Gasteiger charge is 2.14. The summed E-state index contributed by atoms with van der Waals surface area (Å²) < 4.78 is 7.22. The Balaban J connectivity index is 2.07. The van der Waals surface area contributed by atoms with Crippen LogP contribution in [0.25, 0.3) is 0 Å². The normalized spacial score (nSPS) is 11.9. The predicted molar refractivity (Wildman–Crippen MR) is 98.4 cm³/mol. The van der Waals surface area contributed by atoms with Gasteiger partial charge >= 0.3 is 0 Å². The molecule has 0 bridgehead atoms. The van der Waals surface area contributed by atoms with Crippen molar-refractivity contribution in [3.05, 3.63) is 40.7 Å². The summed E-state index contributed by atoms with van der Waals surface area (Å²) >= 11 is 11.4. The minimum absolute atomic E-state index is 0.0421. The minimum Gasteiger partial charge on any atom is -0.495 e. The lowest BCUT2D eigenvalue weighted by molar-refractivity contribution is 0.417. The number of anilines is 1. The predicted octanol–water partition coefficient (Wildman–Crippen LogP) is 3.92. The molecule has 0 spiro atoms. The van der Waals surface area contributed by atoms with E-state index in [2.05, 4.69) is 22.7 Å². The lowest BCUT2D eigenvalue weighted by atomic mass is 10.1. The highest BCUT2D eigenvalue weighted by Crippen LogP contribution is 2.27. The van der Waals surface area contributed by atoms with Crippen molar-refractivity contribution in [2.45, 2.75) is 33.4 Å². The largest absolute Gasteiger partial charge is 0.495 e. The van der Waals surface area contributed by atoms with Crippen LogP contribution >= 0.6 is 23.8 Å². The van der Waals surface area contributed by atoms with Gasteiger partial charge in [0.2, 0.25) is 0 Å². The van der Waals surface area contributed by atoms with Crippen LogP contribution in [0, 0.1) is 6.92 Å². The molecule has 0 radical (unpaired) electrons. The zero-order valence-electron chi connectivity index (χ0n) is 13.7. The number of methoxy groups -OCH3 is 1. The van der Waals surface area contributed by atoms with Crippen molar-refractivity contribution in [2.24, 2.45) is 0 Å². The third-order valence-electron chi connectivity index (χ3n) is 3.53. The molecule has 0 aliphatic heterocycles. The van der Waals surface area contributed by atoms with Gasteiger partial charge in [-0.3, -0.25) is 4.68 Å². The highest BCUT2D eigenvalue weighted by atomic mass is 35.5. The molecule has 0 aliphatic carbocycles. The third-order valence-corrected chi connectivity index (χ3v) is 3.99. The van der Waals surface area contributed by atoms with Crippen LogP contribution in [0.1, 0.15) is 31.1 Å². The molecule has 2 rings (SSSR count). The maximum Gasteiger partial charge on any atom is 0.171 e. The fraction of sp³-hybridized carbons (Fsp3) is 0.375. The van der Waals surface area contributed by atoms with Gasteiger partial charge in [0.05, 0.1) is 24.5 Å². The summed E-state index contributed by atoms with van der Waals surface area (Å²) in [5.41, 5.74) is 2.84. The smallest absolute Gasteiger partial charge is 0.171 e. The number of hydrogen-bond donors (Lipinski definition) is 2. The number of nitrogens with zero attached hydrogens (tertiary/aromatic N) is 2. The van der Waals surface area contributed by atoms with Crippen molar-refractivity contribution in [1.82, 2.24) is 15.1 Å². The number of hydrogen-bond acceptors (Lipinski definition) is 3. The van der Waals surface area contributed by atoms with E-state index in [0.29, 0.717) is 15.9 Å². The first-order valence-corrected chi connectivity index (χ1v) is 8.18. The van der Waals surface area contributed by atoms with E-state index < -0.39 is 0 Å². The van der Waals surface area contributed by atoms with Crippen molar-refractivity contribution in [3.8, 4) is 5.75 Å². The van der Waals surface area contributed by atoms with Crippen LogP contribution in [0.15, 0.2) is 24.4 Å². The molecule has 23 heavy (non-hydrogen) atoms. The minimum atomic E-state index is 0.0421. The van der Waals surface area contributed by atoms with E-state index >= 15 is 0 Å². The summed E-state index contributed by atoms with van der Waals surface area (Å²) in [6.07, 6.45) is 2.04. The fourth-order valence-corrected chi connectivity index (χ4v) is 2.79. The first kappa shape index (κ1) is 17.6. The van der Waals surface area contributed by atoms with Gasteiger partial charge in [-0.15, -0.1) is 0 Å². The molecular formula is C16H21ClN4OS. The Kier molecular flexibility index (Phi) is 5.85. The van der Waals surface area contributed by atoms with E-state index in [1.807, 2.05) is 24.7 Å². The Bertz CT molecular complexity index is 701. The molecule has 124 valence electrons. The van der Waals surface area contributed by atoms with Gasteiger partial charge in [-0.2, -0.15) is 5.10 Å². The quantitative estimate of drug-likeness (QED) is 0.799. The van der Waals surface area contributed by atoms with Crippen molar-refractivity contribution < 1.29 is 4.74 Å². The van der Waals surface area contributed by atoms with Crippen molar-refractivity contribution in [3.63, 3.8) is 0 Å². The Labute approximate surface area is 147 Å². The highest BCUT2D eigenvalue weighted by molar-refractivity contribution is 7.80. The number of rotatable bonds is 5. The Hall–Kier alpha value is -1.79. The lowest BCUT2D eigenvalue weighted by Gasteiger charge is -2.18. The van der Waals surface area contributed by atoms with Crippen LogP contribution in [0.3, 0.4) is 0 Å². The van der Waals surface area contributed by atoms with E-state index in [9.17, 15) is 0 Å². The molecule has 1 atom stereocenters. The zero-order chi connectivity index (χ0) is 17.0. The Morgan fingerprint density at radius 1 is 1.48 bits per heavy atom. The maximum absolute atomic E-state index is 6.03. The molecule has 0 aliphatic rings. The SMILES string of the molecule is CCn1cc(C(C)NC(=S)Nc2cc(Cl)ccc2OC)c(C)n1. The molecule has 7 heteroatoms. The maximum atomic E-state index is 6.03. The molecule has 1 heterocycles. The Morgan fingerprint density at radius 2 is 2.22 bits per heavy atom. The molecule has 0 amide bonds. The molecule has 1 aromatic heterocycles. The summed E-state index contributed by atoms with van der Waals surface area (Å²) in [5.74, 6) is 0.682. The molecule has 0 saturated carbocycles. The third kappa shape index (κ3) is 4.36. The van der Waals surface area contributed by atoms with Crippen molar-refractivity contribution >= 4 is 34.6 Å². The summed E-state index contributed by atoms with van der Waals surface area (Å²) in [6.45, 7) is 6.95. The standard InChI is InChI=1S/C16H21ClN4OS/c1-5-21-9-13(11(3)20-21)10(2)18-16(23)19-14-8-12(17)6-7-15(14)22-4/h6-10H,5H2,1-4H3,(H2,18,19,23). The van der Waals surface area contributed by atoms with Crippen molar-refractivity contribution in [2.75, 3.05) is 12.4 Å². The van der Waals surface area contributed by atoms with Crippen LogP contribution in [0.5, 0.6) is 5.75 Å². The number of benzene rings is 1. The molecule has 5 nitrogen and oxygen atoms in total. The number of aryl methyl sites for hydroxylation is 2. The van der Waals surface area contributed by atoms with Crippen LogP contribution < -0.4 is 15.4 Å². The lowest BCUT2D eigenvalue weighted by Crippen LogP contribution is -2.31. The van der Waals surface area contributed by atoms with Gasteiger partial charge in [-0.25, -0.2) is 0 Å². The molecule has 2 N–H and O–H groups in total. The number of nitrogens with one attached hydrogen (secondary N) is 2. The van der Waals surface area contributed by atoms with Gasteiger partial charge in [-0.1, -0.05) is 11.6 Å². The van der Waals surface area contributed by atoms with Crippen LogP contribution in [0.2, 0.25) is 5.02 Å². The molecule has 1 unspecified atom stereocenters. The number of halogens is 1. The van der Waals surface area contributed by atoms with E-state index in [-0.39, 0.29) is 6.04 Å². The van der Waals surface area contributed by atoms with Gasteiger partial charge in [-0.05, 0) is 51.2 Å². The second-order valence-corrected chi connectivity index (χ2v) is 6.03. The first-order chi connectivity index (χ1) is 10.9. The zero-order valence-corrected chi connectivity index (χ0v) is 15.3. The van der Waals surface area contributed by atoms with Gasteiger partial charge < -0.3 is 15.4 Å². The van der Waals surface area contributed by atoms with Crippen LogP contribution in [0.4, 0.5) is 5.69 Å². The summed E-state index contributed by atoms with van der Waals surface area (Å²) in [4.78, 5) is 0. The van der Waals surface area contributed by atoms with Gasteiger partial charge in [0.25, 0.3) is 0 Å². The monoisotopic (exact) mass is 352 g/mol. The number of aromatic nitrogens is 2. The average Bonchev–Trinajstić information content (AvgIpc) is 2.88. The van der Waals surface area contributed by atoms with E-state index in [1.54, 1.807) is 25.3 Å². The van der Waals surface area contributed by atoms with E-state index in [4.69, 9.17) is 28.6 Å². The van der Waals surface area contributed by atoms with Crippen LogP contribution in [-0.2, 0) is 6.54 Å². The van der Waals surface area contributed by atoms with E-state index in [0.717, 1.165) is 23.5 Å². The topological polar surface area (TPSA) is 51.1 Å². The van der Waals surface area contributed by atoms with Gasteiger partial charge in [0.1, 0.15) is 5.75 Å². The summed E-state index contributed by atoms with van der Waals surface area (Å²) in [7, 11) is 1.61.